The highest BCUT2D eigenvalue weighted by atomic mass is 19.1. The van der Waals surface area contributed by atoms with E-state index in [0.717, 1.165) is 37.9 Å². The zero-order valence-corrected chi connectivity index (χ0v) is 13.5. The minimum absolute atomic E-state index is 0.157. The molecule has 0 N–H and O–H groups in total. The molecule has 1 unspecified atom stereocenters. The van der Waals surface area contributed by atoms with Crippen molar-refractivity contribution >= 4 is 5.69 Å². The third-order valence-corrected chi connectivity index (χ3v) is 5.08. The van der Waals surface area contributed by atoms with Crippen molar-refractivity contribution in [2.24, 2.45) is 5.92 Å². The molecular weight excluding hydrogens is 279 g/mol. The van der Waals surface area contributed by atoms with Crippen LogP contribution in [0.15, 0.2) is 24.3 Å². The SMILES string of the molecule is CCOCC1CCN(C2CCN(c3ccc(F)cc3)C2)CC1. The normalized spacial score (nSPS) is 24.1. The van der Waals surface area contributed by atoms with Gasteiger partial charge in [-0.1, -0.05) is 0 Å². The van der Waals surface area contributed by atoms with E-state index in [4.69, 9.17) is 4.74 Å². The third-order valence-electron chi connectivity index (χ3n) is 5.08. The number of nitrogens with zero attached hydrogens (tertiary/aromatic N) is 2. The molecule has 1 aromatic rings. The lowest BCUT2D eigenvalue weighted by Gasteiger charge is -2.36. The second-order valence-corrected chi connectivity index (χ2v) is 6.50. The molecule has 2 heterocycles. The molecule has 3 rings (SSSR count). The number of ether oxygens (including phenoxy) is 1. The molecule has 2 saturated heterocycles. The summed E-state index contributed by atoms with van der Waals surface area (Å²) in [6, 6.07) is 7.56. The molecule has 0 spiro atoms. The Morgan fingerprint density at radius 1 is 1.09 bits per heavy atom. The van der Waals surface area contributed by atoms with Crippen molar-refractivity contribution in [3.05, 3.63) is 30.1 Å². The lowest BCUT2D eigenvalue weighted by molar-refractivity contribution is 0.0638. The van der Waals surface area contributed by atoms with Gasteiger partial charge in [0.25, 0.3) is 0 Å². The summed E-state index contributed by atoms with van der Waals surface area (Å²) in [5, 5.41) is 0. The van der Waals surface area contributed by atoms with Crippen molar-refractivity contribution in [1.82, 2.24) is 4.90 Å². The van der Waals surface area contributed by atoms with E-state index in [0.29, 0.717) is 6.04 Å². The number of hydrogen-bond donors (Lipinski definition) is 0. The van der Waals surface area contributed by atoms with Crippen LogP contribution in [0.4, 0.5) is 10.1 Å². The first-order valence-electron chi connectivity index (χ1n) is 8.58. The summed E-state index contributed by atoms with van der Waals surface area (Å²) in [6.45, 7) is 8.36. The van der Waals surface area contributed by atoms with E-state index in [9.17, 15) is 4.39 Å². The number of anilines is 1. The molecule has 0 aromatic heterocycles. The van der Waals surface area contributed by atoms with E-state index < -0.39 is 0 Å². The average molecular weight is 306 g/mol. The molecule has 2 aliphatic heterocycles. The number of rotatable bonds is 5. The highest BCUT2D eigenvalue weighted by molar-refractivity contribution is 5.47. The van der Waals surface area contributed by atoms with Gasteiger partial charge in [0.15, 0.2) is 0 Å². The van der Waals surface area contributed by atoms with E-state index in [1.165, 1.54) is 32.4 Å². The summed E-state index contributed by atoms with van der Waals surface area (Å²) in [5.41, 5.74) is 1.15. The minimum atomic E-state index is -0.157. The first kappa shape index (κ1) is 15.8. The van der Waals surface area contributed by atoms with Gasteiger partial charge in [0, 0.05) is 38.0 Å². The quantitative estimate of drug-likeness (QED) is 0.831. The Hall–Kier alpha value is -1.13. The number of likely N-dealkylation sites (tertiary alicyclic amines) is 1. The van der Waals surface area contributed by atoms with Gasteiger partial charge in [-0.05, 0) is 69.5 Å². The van der Waals surface area contributed by atoms with Crippen molar-refractivity contribution in [2.45, 2.75) is 32.2 Å². The molecule has 2 aliphatic rings. The summed E-state index contributed by atoms with van der Waals surface area (Å²) < 4.78 is 18.6. The molecule has 0 saturated carbocycles. The van der Waals surface area contributed by atoms with Gasteiger partial charge in [0.1, 0.15) is 5.82 Å². The van der Waals surface area contributed by atoms with Gasteiger partial charge >= 0.3 is 0 Å². The van der Waals surface area contributed by atoms with Crippen LogP contribution in [-0.4, -0.2) is 50.3 Å². The maximum absolute atomic E-state index is 13.0. The van der Waals surface area contributed by atoms with Gasteiger partial charge < -0.3 is 9.64 Å². The van der Waals surface area contributed by atoms with E-state index in [1.807, 2.05) is 12.1 Å². The summed E-state index contributed by atoms with van der Waals surface area (Å²) in [7, 11) is 0. The van der Waals surface area contributed by atoms with Crippen molar-refractivity contribution in [1.29, 1.82) is 0 Å². The molecule has 0 radical (unpaired) electrons. The predicted octanol–water partition coefficient (Wildman–Crippen LogP) is 3.15. The van der Waals surface area contributed by atoms with Gasteiger partial charge in [-0.25, -0.2) is 4.39 Å². The van der Waals surface area contributed by atoms with Crippen molar-refractivity contribution in [3.63, 3.8) is 0 Å². The van der Waals surface area contributed by atoms with Gasteiger partial charge in [0.05, 0.1) is 0 Å². The smallest absolute Gasteiger partial charge is 0.123 e. The first-order valence-corrected chi connectivity index (χ1v) is 8.58. The Kier molecular flexibility index (Phi) is 5.32. The Morgan fingerprint density at radius 2 is 1.82 bits per heavy atom. The second-order valence-electron chi connectivity index (χ2n) is 6.50. The Labute approximate surface area is 133 Å². The Balaban J connectivity index is 1.48. The number of hydrogen-bond acceptors (Lipinski definition) is 3. The van der Waals surface area contributed by atoms with Crippen molar-refractivity contribution in [2.75, 3.05) is 44.3 Å². The van der Waals surface area contributed by atoms with Crippen LogP contribution in [-0.2, 0) is 4.74 Å². The number of benzene rings is 1. The highest BCUT2D eigenvalue weighted by Crippen LogP contribution is 2.26. The number of piperidine rings is 1. The van der Waals surface area contributed by atoms with E-state index in [2.05, 4.69) is 16.7 Å². The molecule has 4 heteroatoms. The highest BCUT2D eigenvalue weighted by Gasteiger charge is 2.30. The zero-order chi connectivity index (χ0) is 15.4. The molecule has 3 nitrogen and oxygen atoms in total. The van der Waals surface area contributed by atoms with Gasteiger partial charge in [-0.2, -0.15) is 0 Å². The fourth-order valence-electron chi connectivity index (χ4n) is 3.70. The third kappa shape index (κ3) is 3.79. The molecule has 1 aromatic carbocycles. The fraction of sp³-hybridized carbons (Fsp3) is 0.667. The molecule has 1 atom stereocenters. The van der Waals surface area contributed by atoms with Crippen LogP contribution in [0.3, 0.4) is 0 Å². The van der Waals surface area contributed by atoms with Crippen LogP contribution in [0.25, 0.3) is 0 Å². The zero-order valence-electron chi connectivity index (χ0n) is 13.5. The Bertz CT molecular complexity index is 457. The molecule has 2 fully saturated rings. The molecule has 122 valence electrons. The van der Waals surface area contributed by atoms with Crippen LogP contribution in [0.2, 0.25) is 0 Å². The van der Waals surface area contributed by atoms with Crippen molar-refractivity contribution in [3.8, 4) is 0 Å². The maximum atomic E-state index is 13.0. The van der Waals surface area contributed by atoms with Crippen LogP contribution in [0, 0.1) is 11.7 Å². The first-order chi connectivity index (χ1) is 10.8. The summed E-state index contributed by atoms with van der Waals surface area (Å²) in [6.07, 6.45) is 3.73. The molecule has 0 bridgehead atoms. The summed E-state index contributed by atoms with van der Waals surface area (Å²) in [4.78, 5) is 5.03. The van der Waals surface area contributed by atoms with E-state index in [1.54, 1.807) is 12.1 Å². The monoisotopic (exact) mass is 306 g/mol. The van der Waals surface area contributed by atoms with Gasteiger partial charge in [-0.3, -0.25) is 4.90 Å². The topological polar surface area (TPSA) is 15.7 Å². The fourth-order valence-corrected chi connectivity index (χ4v) is 3.70. The standard InChI is InChI=1S/C18H27FN2O/c1-2-22-14-15-7-10-20(11-8-15)18-9-12-21(13-18)17-5-3-16(19)4-6-17/h3-6,15,18H,2,7-14H2,1H3. The van der Waals surface area contributed by atoms with Crippen LogP contribution >= 0.6 is 0 Å². The Morgan fingerprint density at radius 3 is 2.50 bits per heavy atom. The average Bonchev–Trinajstić information content (AvgIpc) is 3.04. The van der Waals surface area contributed by atoms with Crippen LogP contribution < -0.4 is 4.90 Å². The number of halogens is 1. The van der Waals surface area contributed by atoms with E-state index in [-0.39, 0.29) is 5.82 Å². The molecule has 0 amide bonds. The predicted molar refractivity (Wildman–Crippen MR) is 87.8 cm³/mol. The molecule has 22 heavy (non-hydrogen) atoms. The van der Waals surface area contributed by atoms with Crippen molar-refractivity contribution < 1.29 is 9.13 Å². The molecular formula is C18H27FN2O. The second kappa shape index (κ2) is 7.42. The summed E-state index contributed by atoms with van der Waals surface area (Å²) >= 11 is 0. The maximum Gasteiger partial charge on any atom is 0.123 e. The molecule has 0 aliphatic carbocycles. The van der Waals surface area contributed by atoms with Crippen LogP contribution in [0.1, 0.15) is 26.2 Å². The largest absolute Gasteiger partial charge is 0.381 e. The van der Waals surface area contributed by atoms with E-state index >= 15 is 0 Å². The summed E-state index contributed by atoms with van der Waals surface area (Å²) in [5.74, 6) is 0.585. The minimum Gasteiger partial charge on any atom is -0.381 e. The van der Waals surface area contributed by atoms with Crippen LogP contribution in [0.5, 0.6) is 0 Å². The lowest BCUT2D eigenvalue weighted by atomic mass is 9.96. The van der Waals surface area contributed by atoms with Gasteiger partial charge in [-0.15, -0.1) is 0 Å². The lowest BCUT2D eigenvalue weighted by Crippen LogP contribution is -2.43. The van der Waals surface area contributed by atoms with Gasteiger partial charge in [0.2, 0.25) is 0 Å².